The summed E-state index contributed by atoms with van der Waals surface area (Å²) in [6.07, 6.45) is 24.4. The number of benzene rings is 1. The zero-order valence-corrected chi connectivity index (χ0v) is 21.7. The Labute approximate surface area is 208 Å². The molecule has 4 nitrogen and oxygen atoms in total. The molecule has 0 saturated carbocycles. The van der Waals surface area contributed by atoms with E-state index in [9.17, 15) is 4.79 Å². The molecule has 0 saturated heterocycles. The number of hydrogen-bond donors (Lipinski definition) is 0. The van der Waals surface area contributed by atoms with Crippen molar-refractivity contribution in [2.45, 2.75) is 123 Å². The fourth-order valence-corrected chi connectivity index (χ4v) is 4.18. The predicted molar refractivity (Wildman–Crippen MR) is 142 cm³/mol. The summed E-state index contributed by atoms with van der Waals surface area (Å²) in [7, 11) is 0. The molecule has 0 aliphatic rings. The van der Waals surface area contributed by atoms with Crippen molar-refractivity contribution in [1.82, 2.24) is 9.97 Å². The highest BCUT2D eigenvalue weighted by Crippen LogP contribution is 2.20. The number of unbranched alkanes of at least 4 members (excludes halogenated alkanes) is 13. The number of carbonyl (C=O) groups is 1. The number of carbonyl (C=O) groups excluding carboxylic acids is 1. The molecule has 0 unspecified atom stereocenters. The summed E-state index contributed by atoms with van der Waals surface area (Å²) in [5.41, 5.74) is 2.13. The van der Waals surface area contributed by atoms with Gasteiger partial charge < -0.3 is 4.74 Å². The molecule has 0 radical (unpaired) electrons. The summed E-state index contributed by atoms with van der Waals surface area (Å²) in [6.45, 7) is 4.49. The second kappa shape index (κ2) is 18.1. The maximum absolute atomic E-state index is 12.1. The van der Waals surface area contributed by atoms with Crippen LogP contribution in [-0.4, -0.2) is 15.9 Å². The first-order valence-corrected chi connectivity index (χ1v) is 13.8. The lowest BCUT2D eigenvalue weighted by molar-refractivity contribution is -0.134. The topological polar surface area (TPSA) is 52.1 Å². The minimum absolute atomic E-state index is 0.148. The molecule has 0 aliphatic heterocycles. The van der Waals surface area contributed by atoms with Crippen LogP contribution in [0.4, 0.5) is 0 Å². The molecule has 0 bridgehead atoms. The van der Waals surface area contributed by atoms with Crippen LogP contribution >= 0.6 is 0 Å². The highest BCUT2D eigenvalue weighted by molar-refractivity contribution is 5.72. The molecule has 2 aromatic rings. The maximum Gasteiger partial charge on any atom is 0.311 e. The van der Waals surface area contributed by atoms with Crippen molar-refractivity contribution in [3.63, 3.8) is 0 Å². The Bertz CT molecular complexity index is 771. The second-order valence-electron chi connectivity index (χ2n) is 9.51. The molecule has 1 aromatic heterocycles. The predicted octanol–water partition coefficient (Wildman–Crippen LogP) is 8.87. The Hall–Kier alpha value is -2.23. The number of nitrogens with zero attached hydrogens (tertiary/aromatic N) is 2. The van der Waals surface area contributed by atoms with Gasteiger partial charge in [0.2, 0.25) is 0 Å². The van der Waals surface area contributed by atoms with Gasteiger partial charge in [-0.25, -0.2) is 9.97 Å². The quantitative estimate of drug-likeness (QED) is 0.118. The normalized spacial score (nSPS) is 11.0. The zero-order valence-electron chi connectivity index (χ0n) is 21.7. The van der Waals surface area contributed by atoms with E-state index in [0.717, 1.165) is 24.8 Å². The largest absolute Gasteiger partial charge is 0.427 e. The van der Waals surface area contributed by atoms with Crippen molar-refractivity contribution < 1.29 is 9.53 Å². The van der Waals surface area contributed by atoms with E-state index < -0.39 is 0 Å². The van der Waals surface area contributed by atoms with Gasteiger partial charge in [-0.3, -0.25) is 4.79 Å². The molecular formula is C30H46N2O2. The van der Waals surface area contributed by atoms with Crippen molar-refractivity contribution in [1.29, 1.82) is 0 Å². The van der Waals surface area contributed by atoms with Crippen LogP contribution in [0.25, 0.3) is 11.4 Å². The molecule has 0 N–H and O–H groups in total. The van der Waals surface area contributed by atoms with Crippen LogP contribution in [0.1, 0.15) is 122 Å². The summed E-state index contributed by atoms with van der Waals surface area (Å²) in [5, 5.41) is 0. The Morgan fingerprint density at radius 2 is 1.18 bits per heavy atom. The Balaban J connectivity index is 1.64. The highest BCUT2D eigenvalue weighted by atomic mass is 16.5. The fraction of sp³-hybridized carbons (Fsp3) is 0.633. The zero-order chi connectivity index (χ0) is 24.3. The average Bonchev–Trinajstić information content (AvgIpc) is 2.86. The van der Waals surface area contributed by atoms with Gasteiger partial charge in [0, 0.05) is 24.4 Å². The summed E-state index contributed by atoms with van der Waals surface area (Å²) < 4.78 is 5.49. The molecule has 188 valence electrons. The highest BCUT2D eigenvalue weighted by Gasteiger charge is 2.07. The fourth-order valence-electron chi connectivity index (χ4n) is 4.18. The van der Waals surface area contributed by atoms with E-state index >= 15 is 0 Å². The first-order chi connectivity index (χ1) is 16.7. The third-order valence-corrected chi connectivity index (χ3v) is 6.35. The monoisotopic (exact) mass is 466 g/mol. The Kier molecular flexibility index (Phi) is 14.9. The van der Waals surface area contributed by atoms with Gasteiger partial charge in [-0.2, -0.15) is 0 Å². The molecule has 0 atom stereocenters. The summed E-state index contributed by atoms with van der Waals surface area (Å²) in [5.74, 6) is 1.15. The summed E-state index contributed by atoms with van der Waals surface area (Å²) in [6, 6.07) is 7.50. The molecule has 0 aliphatic carbocycles. The second-order valence-corrected chi connectivity index (χ2v) is 9.51. The van der Waals surface area contributed by atoms with E-state index in [4.69, 9.17) is 4.74 Å². The third-order valence-electron chi connectivity index (χ3n) is 6.35. The minimum Gasteiger partial charge on any atom is -0.427 e. The Morgan fingerprint density at radius 1 is 0.676 bits per heavy atom. The van der Waals surface area contributed by atoms with Gasteiger partial charge in [0.1, 0.15) is 5.75 Å². The van der Waals surface area contributed by atoms with E-state index in [1.807, 2.05) is 36.7 Å². The van der Waals surface area contributed by atoms with E-state index in [1.54, 1.807) is 0 Å². The molecule has 0 fully saturated rings. The smallest absolute Gasteiger partial charge is 0.311 e. The molecular weight excluding hydrogens is 420 g/mol. The van der Waals surface area contributed by atoms with Crippen LogP contribution in [0, 0.1) is 0 Å². The molecule has 4 heteroatoms. The van der Waals surface area contributed by atoms with E-state index in [1.165, 1.54) is 89.0 Å². The van der Waals surface area contributed by atoms with Gasteiger partial charge in [0.15, 0.2) is 5.82 Å². The van der Waals surface area contributed by atoms with Gasteiger partial charge in [-0.05, 0) is 49.1 Å². The van der Waals surface area contributed by atoms with Crippen LogP contribution in [0.2, 0.25) is 0 Å². The van der Waals surface area contributed by atoms with Crippen molar-refractivity contribution in [3.8, 4) is 17.1 Å². The molecule has 1 aromatic carbocycles. The average molecular weight is 467 g/mol. The van der Waals surface area contributed by atoms with Crippen LogP contribution in [0.5, 0.6) is 5.75 Å². The van der Waals surface area contributed by atoms with Crippen LogP contribution in [0.3, 0.4) is 0 Å². The first-order valence-electron chi connectivity index (χ1n) is 13.8. The van der Waals surface area contributed by atoms with Crippen molar-refractivity contribution in [3.05, 3.63) is 42.2 Å². The lowest BCUT2D eigenvalue weighted by atomic mass is 10.1. The standard InChI is InChI=1S/C30H46N2O2/c1-3-5-7-9-11-13-15-17-19-29(33)34-28-22-20-27(21-23-28)30-31-24-26(25-32-30)18-16-14-12-10-8-6-4-2/h20-25H,3-19H2,1-2H3. The number of ether oxygens (including phenoxy) is 1. The molecule has 34 heavy (non-hydrogen) atoms. The number of aryl methyl sites for hydroxylation is 1. The van der Waals surface area contributed by atoms with E-state index in [-0.39, 0.29) is 5.97 Å². The van der Waals surface area contributed by atoms with Crippen LogP contribution in [-0.2, 0) is 11.2 Å². The molecule has 2 rings (SSSR count). The Morgan fingerprint density at radius 3 is 1.74 bits per heavy atom. The summed E-state index contributed by atoms with van der Waals surface area (Å²) >= 11 is 0. The van der Waals surface area contributed by atoms with Gasteiger partial charge in [0.05, 0.1) is 0 Å². The van der Waals surface area contributed by atoms with E-state index in [0.29, 0.717) is 18.0 Å². The number of hydrogen-bond acceptors (Lipinski definition) is 4. The molecule has 1 heterocycles. The van der Waals surface area contributed by atoms with Gasteiger partial charge in [-0.1, -0.05) is 97.3 Å². The van der Waals surface area contributed by atoms with Gasteiger partial charge >= 0.3 is 5.97 Å². The van der Waals surface area contributed by atoms with Crippen molar-refractivity contribution in [2.24, 2.45) is 0 Å². The molecule has 0 spiro atoms. The first kappa shape index (κ1) is 28.0. The maximum atomic E-state index is 12.1. The lowest BCUT2D eigenvalue weighted by Crippen LogP contribution is -2.07. The number of esters is 1. The SMILES string of the molecule is CCCCCCCCCCC(=O)Oc1ccc(-c2ncc(CCCCCCCCC)cn2)cc1. The van der Waals surface area contributed by atoms with Gasteiger partial charge in [-0.15, -0.1) is 0 Å². The van der Waals surface area contributed by atoms with E-state index in [2.05, 4.69) is 23.8 Å². The van der Waals surface area contributed by atoms with Crippen LogP contribution < -0.4 is 4.74 Å². The number of rotatable bonds is 19. The minimum atomic E-state index is -0.148. The lowest BCUT2D eigenvalue weighted by Gasteiger charge is -2.06. The third kappa shape index (κ3) is 12.3. The van der Waals surface area contributed by atoms with Gasteiger partial charge in [0.25, 0.3) is 0 Å². The number of aromatic nitrogens is 2. The van der Waals surface area contributed by atoms with Crippen molar-refractivity contribution >= 4 is 5.97 Å². The van der Waals surface area contributed by atoms with Crippen LogP contribution in [0.15, 0.2) is 36.7 Å². The summed E-state index contributed by atoms with van der Waals surface area (Å²) in [4.78, 5) is 21.2. The van der Waals surface area contributed by atoms with Crippen molar-refractivity contribution in [2.75, 3.05) is 0 Å². The molecule has 0 amide bonds.